The molecule has 0 radical (unpaired) electrons. The maximum absolute atomic E-state index is 7.53. The Bertz CT molecular complexity index is 1370. The van der Waals surface area contributed by atoms with E-state index in [1.807, 2.05) is 0 Å². The second-order valence-electron chi connectivity index (χ2n) is 12.2. The van der Waals surface area contributed by atoms with Crippen molar-refractivity contribution in [3.63, 3.8) is 0 Å². The van der Waals surface area contributed by atoms with Gasteiger partial charge in [-0.05, 0) is 58.2 Å². The topological polar surface area (TPSA) is 9.23 Å². The van der Waals surface area contributed by atoms with Gasteiger partial charge in [-0.2, -0.15) is 0 Å². The molecule has 0 aliphatic rings. The molecule has 43 heavy (non-hydrogen) atoms. The third kappa shape index (κ3) is 6.91. The number of rotatable bonds is 11. The average molecular weight is 715 g/mol. The smallest absolute Gasteiger partial charge is 0.261 e. The highest BCUT2D eigenvalue weighted by atomic mass is 127. The van der Waals surface area contributed by atoms with Crippen molar-refractivity contribution in [3.05, 3.63) is 152 Å². The summed E-state index contributed by atoms with van der Waals surface area (Å²) in [4.78, 5) is 0. The number of hydrogen-bond acceptors (Lipinski definition) is 1. The summed E-state index contributed by atoms with van der Waals surface area (Å²) in [7, 11) is -4.59. The Balaban J connectivity index is 0.00000423. The van der Waals surface area contributed by atoms with Crippen LogP contribution in [0.4, 0.5) is 0 Å². The largest absolute Gasteiger partial charge is 1.00 e. The average Bonchev–Trinajstić information content (AvgIpc) is 3.04. The summed E-state index contributed by atoms with van der Waals surface area (Å²) >= 11 is 0. The lowest BCUT2D eigenvalue weighted by atomic mass is 10.1. The SMILES string of the molecule is CCC(CO[Si](c1ccccc1)(c1ccccc1)C(C)(C)C)C[P+](c1ccccc1)(c1ccccc1)c1ccccc1.[I-]. The highest BCUT2D eigenvalue weighted by molar-refractivity contribution is 7.95. The number of hydrogen-bond donors (Lipinski definition) is 0. The van der Waals surface area contributed by atoms with E-state index in [-0.39, 0.29) is 29.0 Å². The van der Waals surface area contributed by atoms with Crippen molar-refractivity contribution in [1.82, 2.24) is 0 Å². The zero-order valence-corrected chi connectivity index (χ0v) is 29.9. The van der Waals surface area contributed by atoms with Crippen LogP contribution < -0.4 is 50.3 Å². The Kier molecular flexibility index (Phi) is 11.6. The summed E-state index contributed by atoms with van der Waals surface area (Å²) in [5.41, 5.74) is 0. The molecule has 0 saturated heterocycles. The van der Waals surface area contributed by atoms with E-state index in [2.05, 4.69) is 179 Å². The van der Waals surface area contributed by atoms with Gasteiger partial charge < -0.3 is 28.4 Å². The van der Waals surface area contributed by atoms with Crippen LogP contribution in [0.25, 0.3) is 0 Å². The summed E-state index contributed by atoms with van der Waals surface area (Å²) in [6.45, 7) is 10.2. The van der Waals surface area contributed by atoms with E-state index in [1.54, 1.807) is 0 Å². The van der Waals surface area contributed by atoms with E-state index < -0.39 is 15.6 Å². The lowest BCUT2D eigenvalue weighted by Crippen LogP contribution is -3.00. The normalized spacial score (nSPS) is 12.7. The van der Waals surface area contributed by atoms with Crippen LogP contribution in [0, 0.1) is 5.92 Å². The minimum Gasteiger partial charge on any atom is -1.00 e. The predicted molar refractivity (Wildman–Crippen MR) is 187 cm³/mol. The van der Waals surface area contributed by atoms with Crippen molar-refractivity contribution in [1.29, 1.82) is 0 Å². The standard InChI is InChI=1S/C39H44OPSi.HI/c1-5-33(31-40-42(39(2,3)4,37-27-17-9-18-28-37)38-29-19-10-20-30-38)32-41(34-21-11-6-12-22-34,35-23-13-7-14-24-35)36-25-15-8-16-26-36;/h6-30,33H,5,31-32H2,1-4H3;1H/q+1;/p-1. The summed E-state index contributed by atoms with van der Waals surface area (Å²) in [5, 5.41) is 6.95. The fourth-order valence-corrected chi connectivity index (χ4v) is 15.9. The van der Waals surface area contributed by atoms with Gasteiger partial charge in [0.1, 0.15) is 23.2 Å². The minimum absolute atomic E-state index is 0. The minimum atomic E-state index is -2.63. The quantitative estimate of drug-likeness (QED) is 0.111. The first-order chi connectivity index (χ1) is 20.4. The molecule has 1 unspecified atom stereocenters. The first kappa shape index (κ1) is 33.3. The molecule has 5 aromatic carbocycles. The van der Waals surface area contributed by atoms with Crippen LogP contribution in [0.3, 0.4) is 0 Å². The Morgan fingerprint density at radius 2 is 0.884 bits per heavy atom. The summed E-state index contributed by atoms with van der Waals surface area (Å²) in [6, 6.07) is 55.8. The molecule has 0 heterocycles. The van der Waals surface area contributed by atoms with Gasteiger partial charge in [0.05, 0.1) is 6.16 Å². The van der Waals surface area contributed by atoms with Crippen LogP contribution >= 0.6 is 7.26 Å². The van der Waals surface area contributed by atoms with Gasteiger partial charge in [0.25, 0.3) is 8.32 Å². The molecule has 0 bridgehead atoms. The van der Waals surface area contributed by atoms with Crippen LogP contribution in [0.15, 0.2) is 152 Å². The molecule has 4 heteroatoms. The molecule has 1 atom stereocenters. The van der Waals surface area contributed by atoms with Crippen LogP contribution in [0.2, 0.25) is 5.04 Å². The molecule has 0 fully saturated rings. The fraction of sp³-hybridized carbons (Fsp3) is 0.231. The highest BCUT2D eigenvalue weighted by Gasteiger charge is 2.52. The van der Waals surface area contributed by atoms with E-state index >= 15 is 0 Å². The van der Waals surface area contributed by atoms with Crippen molar-refractivity contribution in [2.75, 3.05) is 12.8 Å². The van der Waals surface area contributed by atoms with Gasteiger partial charge in [-0.3, -0.25) is 0 Å². The number of benzene rings is 5. The number of halogens is 1. The predicted octanol–water partition coefficient (Wildman–Crippen LogP) is 4.59. The van der Waals surface area contributed by atoms with Crippen molar-refractivity contribution >= 4 is 41.9 Å². The van der Waals surface area contributed by atoms with Crippen molar-refractivity contribution in [3.8, 4) is 0 Å². The van der Waals surface area contributed by atoms with Gasteiger partial charge >= 0.3 is 0 Å². The molecule has 1 nitrogen and oxygen atoms in total. The van der Waals surface area contributed by atoms with E-state index in [1.165, 1.54) is 26.3 Å². The molecule has 0 N–H and O–H groups in total. The Morgan fingerprint density at radius 1 is 0.558 bits per heavy atom. The van der Waals surface area contributed by atoms with E-state index in [9.17, 15) is 0 Å². The van der Waals surface area contributed by atoms with Gasteiger partial charge in [0.2, 0.25) is 0 Å². The maximum Gasteiger partial charge on any atom is 0.261 e. The zero-order chi connectivity index (χ0) is 29.5. The molecule has 0 amide bonds. The molecular weight excluding hydrogens is 670 g/mol. The highest BCUT2D eigenvalue weighted by Crippen LogP contribution is 2.57. The Morgan fingerprint density at radius 3 is 1.19 bits per heavy atom. The van der Waals surface area contributed by atoms with Crippen LogP contribution in [-0.2, 0) is 4.43 Å². The van der Waals surface area contributed by atoms with Crippen molar-refractivity contribution in [2.24, 2.45) is 5.92 Å². The second-order valence-corrected chi connectivity index (χ2v) is 20.1. The van der Waals surface area contributed by atoms with Gasteiger partial charge in [0.15, 0.2) is 0 Å². The summed E-state index contributed by atoms with van der Waals surface area (Å²) in [5.74, 6) is 0.389. The van der Waals surface area contributed by atoms with E-state index in [0.29, 0.717) is 5.92 Å². The summed E-state index contributed by atoms with van der Waals surface area (Å²) in [6.07, 6.45) is 2.13. The van der Waals surface area contributed by atoms with E-state index in [4.69, 9.17) is 4.43 Å². The zero-order valence-electron chi connectivity index (χ0n) is 25.9. The van der Waals surface area contributed by atoms with Crippen LogP contribution in [0.1, 0.15) is 34.1 Å². The van der Waals surface area contributed by atoms with E-state index in [0.717, 1.165) is 19.2 Å². The molecule has 0 aromatic heterocycles. The molecule has 0 spiro atoms. The van der Waals surface area contributed by atoms with Crippen LogP contribution in [0.5, 0.6) is 0 Å². The van der Waals surface area contributed by atoms with Crippen molar-refractivity contribution < 1.29 is 28.4 Å². The Hall–Kier alpha value is -2.56. The molecule has 0 aliphatic carbocycles. The molecule has 5 aromatic rings. The third-order valence-corrected chi connectivity index (χ3v) is 18.3. The third-order valence-electron chi connectivity index (χ3n) is 8.65. The molecule has 0 aliphatic heterocycles. The first-order valence-corrected chi connectivity index (χ1v) is 19.1. The van der Waals surface area contributed by atoms with Gasteiger partial charge in [0, 0.05) is 12.5 Å². The summed E-state index contributed by atoms with van der Waals surface area (Å²) < 4.78 is 7.53. The molecule has 222 valence electrons. The van der Waals surface area contributed by atoms with Crippen molar-refractivity contribution in [2.45, 2.75) is 39.2 Å². The van der Waals surface area contributed by atoms with Gasteiger partial charge in [-0.1, -0.05) is 143 Å². The lowest BCUT2D eigenvalue weighted by Gasteiger charge is -2.44. The Labute approximate surface area is 278 Å². The maximum atomic E-state index is 7.53. The monoisotopic (exact) mass is 714 g/mol. The molecular formula is C39H44IOPSi. The lowest BCUT2D eigenvalue weighted by molar-refractivity contribution is -0.00000904. The van der Waals surface area contributed by atoms with Gasteiger partial charge in [-0.25, -0.2) is 0 Å². The van der Waals surface area contributed by atoms with Gasteiger partial charge in [-0.15, -0.1) is 0 Å². The second kappa shape index (κ2) is 14.9. The molecule has 0 saturated carbocycles. The fourth-order valence-electron chi connectivity index (χ4n) is 6.50. The first-order valence-electron chi connectivity index (χ1n) is 15.2. The molecule has 5 rings (SSSR count). The van der Waals surface area contributed by atoms with Crippen LogP contribution in [-0.4, -0.2) is 21.1 Å².